The van der Waals surface area contributed by atoms with Crippen molar-refractivity contribution < 1.29 is 14.7 Å². The molecule has 1 aliphatic rings. The molecule has 1 amide bonds. The maximum atomic E-state index is 12.0. The molecule has 0 saturated heterocycles. The molecular weight excluding hydrogens is 234 g/mol. The number of aromatic nitrogens is 2. The van der Waals surface area contributed by atoms with Gasteiger partial charge in [-0.3, -0.25) is 14.3 Å². The molecule has 1 aromatic heterocycles. The average Bonchev–Trinajstić information content (AvgIpc) is 2.75. The second-order valence-corrected chi connectivity index (χ2v) is 4.73. The van der Waals surface area contributed by atoms with Crippen LogP contribution in [0.15, 0.2) is 12.3 Å². The van der Waals surface area contributed by atoms with Crippen LogP contribution in [0.1, 0.15) is 25.7 Å². The van der Waals surface area contributed by atoms with E-state index < -0.39 is 5.97 Å². The van der Waals surface area contributed by atoms with E-state index in [-0.39, 0.29) is 17.7 Å². The Morgan fingerprint density at radius 3 is 2.78 bits per heavy atom. The van der Waals surface area contributed by atoms with Gasteiger partial charge in [0.2, 0.25) is 5.91 Å². The Labute approximate surface area is 105 Å². The molecule has 2 N–H and O–H groups in total. The number of aliphatic carboxylic acids is 1. The summed E-state index contributed by atoms with van der Waals surface area (Å²) in [5, 5.41) is 15.7. The fourth-order valence-electron chi connectivity index (χ4n) is 2.38. The van der Waals surface area contributed by atoms with Gasteiger partial charge in [-0.1, -0.05) is 6.42 Å². The SMILES string of the molecule is Cn1nccc1NC(=O)C1CCCC(C(=O)O)C1. The van der Waals surface area contributed by atoms with Crippen molar-refractivity contribution in [3.8, 4) is 0 Å². The average molecular weight is 251 g/mol. The van der Waals surface area contributed by atoms with Gasteiger partial charge in [-0.25, -0.2) is 0 Å². The van der Waals surface area contributed by atoms with Gasteiger partial charge in [0.25, 0.3) is 0 Å². The highest BCUT2D eigenvalue weighted by Crippen LogP contribution is 2.30. The summed E-state index contributed by atoms with van der Waals surface area (Å²) in [7, 11) is 1.75. The van der Waals surface area contributed by atoms with Crippen molar-refractivity contribution in [1.29, 1.82) is 0 Å². The Morgan fingerprint density at radius 2 is 2.17 bits per heavy atom. The van der Waals surface area contributed by atoms with Crippen molar-refractivity contribution in [1.82, 2.24) is 9.78 Å². The van der Waals surface area contributed by atoms with E-state index >= 15 is 0 Å². The van der Waals surface area contributed by atoms with Crippen molar-refractivity contribution in [3.63, 3.8) is 0 Å². The van der Waals surface area contributed by atoms with Gasteiger partial charge < -0.3 is 10.4 Å². The topological polar surface area (TPSA) is 84.2 Å². The highest BCUT2D eigenvalue weighted by Gasteiger charge is 2.31. The number of carbonyl (C=O) groups excluding carboxylic acids is 1. The van der Waals surface area contributed by atoms with Gasteiger partial charge in [0, 0.05) is 19.0 Å². The Morgan fingerprint density at radius 1 is 1.44 bits per heavy atom. The van der Waals surface area contributed by atoms with Crippen LogP contribution in [0.4, 0.5) is 5.82 Å². The first kappa shape index (κ1) is 12.6. The molecule has 6 nitrogen and oxygen atoms in total. The molecule has 18 heavy (non-hydrogen) atoms. The van der Waals surface area contributed by atoms with Crippen LogP contribution < -0.4 is 5.32 Å². The number of nitrogens with zero attached hydrogens (tertiary/aromatic N) is 2. The van der Waals surface area contributed by atoms with Gasteiger partial charge in [-0.15, -0.1) is 0 Å². The standard InChI is InChI=1S/C12H17N3O3/c1-15-10(5-6-13-15)14-11(16)8-3-2-4-9(7-8)12(17)18/h5-6,8-9H,2-4,7H2,1H3,(H,14,16)(H,17,18). The maximum absolute atomic E-state index is 12.0. The number of nitrogens with one attached hydrogen (secondary N) is 1. The number of carboxylic acids is 1. The van der Waals surface area contributed by atoms with Crippen LogP contribution in [0.25, 0.3) is 0 Å². The molecule has 0 bridgehead atoms. The minimum Gasteiger partial charge on any atom is -0.481 e. The predicted octanol–water partition coefficient (Wildman–Crippen LogP) is 1.25. The molecular formula is C12H17N3O3. The molecule has 1 heterocycles. The minimum absolute atomic E-state index is 0.107. The van der Waals surface area contributed by atoms with Crippen LogP contribution in [-0.2, 0) is 16.6 Å². The van der Waals surface area contributed by atoms with Gasteiger partial charge in [0.1, 0.15) is 5.82 Å². The summed E-state index contributed by atoms with van der Waals surface area (Å²) in [5.41, 5.74) is 0. The van der Waals surface area contributed by atoms with Crippen LogP contribution >= 0.6 is 0 Å². The third-order valence-corrected chi connectivity index (χ3v) is 3.47. The zero-order valence-corrected chi connectivity index (χ0v) is 10.3. The normalized spacial score (nSPS) is 23.6. The van der Waals surface area contributed by atoms with Gasteiger partial charge >= 0.3 is 5.97 Å². The van der Waals surface area contributed by atoms with Crippen molar-refractivity contribution in [2.24, 2.45) is 18.9 Å². The Kier molecular flexibility index (Phi) is 3.64. The zero-order valence-electron chi connectivity index (χ0n) is 10.3. The molecule has 1 saturated carbocycles. The molecule has 1 aromatic rings. The van der Waals surface area contributed by atoms with Crippen molar-refractivity contribution in [2.75, 3.05) is 5.32 Å². The van der Waals surface area contributed by atoms with Crippen molar-refractivity contribution in [2.45, 2.75) is 25.7 Å². The maximum Gasteiger partial charge on any atom is 0.306 e. The number of aryl methyl sites for hydroxylation is 1. The lowest BCUT2D eigenvalue weighted by Crippen LogP contribution is -2.31. The van der Waals surface area contributed by atoms with Crippen LogP contribution in [0, 0.1) is 11.8 Å². The van der Waals surface area contributed by atoms with E-state index in [1.54, 1.807) is 24.0 Å². The van der Waals surface area contributed by atoms with Crippen LogP contribution in [-0.4, -0.2) is 26.8 Å². The van der Waals surface area contributed by atoms with E-state index in [9.17, 15) is 9.59 Å². The number of carboxylic acid groups (broad SMARTS) is 1. The molecule has 2 unspecified atom stereocenters. The highest BCUT2D eigenvalue weighted by molar-refractivity contribution is 5.92. The lowest BCUT2D eigenvalue weighted by atomic mass is 9.81. The molecule has 6 heteroatoms. The lowest BCUT2D eigenvalue weighted by Gasteiger charge is -2.25. The van der Waals surface area contributed by atoms with Gasteiger partial charge in [-0.2, -0.15) is 5.10 Å². The molecule has 1 fully saturated rings. The Balaban J connectivity index is 1.97. The fraction of sp³-hybridized carbons (Fsp3) is 0.583. The molecule has 1 aliphatic carbocycles. The summed E-state index contributed by atoms with van der Waals surface area (Å²) in [6, 6.07) is 1.72. The predicted molar refractivity (Wildman–Crippen MR) is 64.9 cm³/mol. The Bertz CT molecular complexity index is 455. The molecule has 2 atom stereocenters. The zero-order chi connectivity index (χ0) is 13.1. The van der Waals surface area contributed by atoms with E-state index in [2.05, 4.69) is 10.4 Å². The first-order valence-electron chi connectivity index (χ1n) is 6.09. The van der Waals surface area contributed by atoms with E-state index in [0.29, 0.717) is 18.7 Å². The van der Waals surface area contributed by atoms with Crippen molar-refractivity contribution in [3.05, 3.63) is 12.3 Å². The summed E-state index contributed by atoms with van der Waals surface area (Å²) in [4.78, 5) is 23.0. The summed E-state index contributed by atoms with van der Waals surface area (Å²) in [6.45, 7) is 0. The lowest BCUT2D eigenvalue weighted by molar-refractivity contribution is -0.143. The second-order valence-electron chi connectivity index (χ2n) is 4.73. The minimum atomic E-state index is -0.798. The summed E-state index contributed by atoms with van der Waals surface area (Å²) in [5.74, 6) is -0.870. The van der Waals surface area contributed by atoms with E-state index in [1.807, 2.05) is 0 Å². The summed E-state index contributed by atoms with van der Waals surface area (Å²) in [6.07, 6.45) is 4.26. The largest absolute Gasteiger partial charge is 0.481 e. The van der Waals surface area contributed by atoms with Gasteiger partial charge in [-0.05, 0) is 19.3 Å². The number of anilines is 1. The first-order valence-corrected chi connectivity index (χ1v) is 6.09. The number of hydrogen-bond donors (Lipinski definition) is 2. The highest BCUT2D eigenvalue weighted by atomic mass is 16.4. The fourth-order valence-corrected chi connectivity index (χ4v) is 2.38. The number of carbonyl (C=O) groups is 2. The van der Waals surface area contributed by atoms with Gasteiger partial charge in [0.15, 0.2) is 0 Å². The molecule has 0 spiro atoms. The van der Waals surface area contributed by atoms with E-state index in [4.69, 9.17) is 5.11 Å². The molecule has 0 aliphatic heterocycles. The number of hydrogen-bond acceptors (Lipinski definition) is 3. The third kappa shape index (κ3) is 2.69. The molecule has 0 aromatic carbocycles. The van der Waals surface area contributed by atoms with Crippen LogP contribution in [0.3, 0.4) is 0 Å². The monoisotopic (exact) mass is 251 g/mol. The Hall–Kier alpha value is -1.85. The molecule has 2 rings (SSSR count). The number of rotatable bonds is 3. The third-order valence-electron chi connectivity index (χ3n) is 3.47. The van der Waals surface area contributed by atoms with E-state index in [1.165, 1.54) is 0 Å². The summed E-state index contributed by atoms with van der Waals surface area (Å²) < 4.78 is 1.58. The van der Waals surface area contributed by atoms with Crippen LogP contribution in [0.2, 0.25) is 0 Å². The van der Waals surface area contributed by atoms with Crippen molar-refractivity contribution >= 4 is 17.7 Å². The number of amides is 1. The smallest absolute Gasteiger partial charge is 0.306 e. The quantitative estimate of drug-likeness (QED) is 0.846. The van der Waals surface area contributed by atoms with Crippen LogP contribution in [0.5, 0.6) is 0 Å². The first-order chi connectivity index (χ1) is 8.58. The van der Waals surface area contributed by atoms with E-state index in [0.717, 1.165) is 12.8 Å². The summed E-state index contributed by atoms with van der Waals surface area (Å²) >= 11 is 0. The molecule has 98 valence electrons. The van der Waals surface area contributed by atoms with Gasteiger partial charge in [0.05, 0.1) is 12.1 Å². The molecule has 0 radical (unpaired) electrons. The second kappa shape index (κ2) is 5.20.